The molecule has 2 aromatic rings. The van der Waals surface area contributed by atoms with E-state index >= 15 is 0 Å². The first-order chi connectivity index (χ1) is 12.0. The van der Waals surface area contributed by atoms with Crippen LogP contribution >= 0.6 is 0 Å². The van der Waals surface area contributed by atoms with Gasteiger partial charge in [-0.1, -0.05) is 6.07 Å². The lowest BCUT2D eigenvalue weighted by Crippen LogP contribution is -2.47. The van der Waals surface area contributed by atoms with Gasteiger partial charge in [0.15, 0.2) is 5.82 Å². The Bertz CT molecular complexity index is 794. The van der Waals surface area contributed by atoms with Crippen molar-refractivity contribution < 1.29 is 4.79 Å². The molecule has 132 valence electrons. The predicted molar refractivity (Wildman–Crippen MR) is 95.8 cm³/mol. The Morgan fingerprint density at radius 1 is 1.24 bits per heavy atom. The second kappa shape index (κ2) is 7.33. The largest absolute Gasteiger partial charge is 0.352 e. The number of hydrogen-bond acceptors (Lipinski definition) is 5. The molecule has 2 aromatic heterocycles. The Balaban J connectivity index is 1.52. The van der Waals surface area contributed by atoms with Crippen molar-refractivity contribution in [2.24, 2.45) is 7.05 Å². The fourth-order valence-corrected chi connectivity index (χ4v) is 2.82. The molecular formula is C17H22N6O2. The van der Waals surface area contributed by atoms with E-state index in [1.807, 2.05) is 17.9 Å². The average molecular weight is 342 g/mol. The molecule has 1 saturated heterocycles. The average Bonchev–Trinajstić information content (AvgIpc) is 2.60. The van der Waals surface area contributed by atoms with Gasteiger partial charge in [-0.3, -0.25) is 10.1 Å². The molecule has 8 heteroatoms. The lowest BCUT2D eigenvalue weighted by atomic mass is 10.1. The van der Waals surface area contributed by atoms with Gasteiger partial charge >= 0.3 is 6.03 Å². The van der Waals surface area contributed by atoms with Crippen LogP contribution in [0.3, 0.4) is 0 Å². The molecule has 0 spiro atoms. The summed E-state index contributed by atoms with van der Waals surface area (Å²) < 4.78 is 1.52. The second-order valence-corrected chi connectivity index (χ2v) is 6.25. The van der Waals surface area contributed by atoms with E-state index in [4.69, 9.17) is 0 Å². The third kappa shape index (κ3) is 4.14. The van der Waals surface area contributed by atoms with E-state index < -0.39 is 0 Å². The van der Waals surface area contributed by atoms with Gasteiger partial charge in [0.25, 0.3) is 5.56 Å². The van der Waals surface area contributed by atoms with Gasteiger partial charge in [-0.15, -0.1) is 0 Å². The zero-order valence-electron chi connectivity index (χ0n) is 14.4. The molecule has 2 amide bonds. The van der Waals surface area contributed by atoms with Crippen molar-refractivity contribution in [2.75, 3.05) is 23.3 Å². The number of nitrogens with one attached hydrogen (secondary N) is 2. The van der Waals surface area contributed by atoms with Gasteiger partial charge in [0.05, 0.1) is 0 Å². The first-order valence-electron chi connectivity index (χ1n) is 8.29. The van der Waals surface area contributed by atoms with E-state index in [2.05, 4.69) is 20.6 Å². The number of pyridine rings is 1. The van der Waals surface area contributed by atoms with Crippen LogP contribution in [0.5, 0.6) is 0 Å². The summed E-state index contributed by atoms with van der Waals surface area (Å²) in [4.78, 5) is 34.5. The van der Waals surface area contributed by atoms with Crippen LogP contribution in [-0.4, -0.2) is 39.7 Å². The number of aryl methyl sites for hydroxylation is 2. The van der Waals surface area contributed by atoms with E-state index in [1.54, 1.807) is 31.7 Å². The number of nitrogens with zero attached hydrogens (tertiary/aromatic N) is 4. The van der Waals surface area contributed by atoms with Crippen LogP contribution in [0.4, 0.5) is 16.4 Å². The molecule has 0 bridgehead atoms. The Morgan fingerprint density at radius 2 is 2.00 bits per heavy atom. The van der Waals surface area contributed by atoms with Crippen molar-refractivity contribution >= 4 is 17.7 Å². The summed E-state index contributed by atoms with van der Waals surface area (Å²) in [5, 5.41) is 5.69. The van der Waals surface area contributed by atoms with E-state index in [0.717, 1.165) is 18.4 Å². The van der Waals surface area contributed by atoms with Crippen molar-refractivity contribution in [3.05, 3.63) is 46.6 Å². The maximum Gasteiger partial charge on any atom is 0.320 e. The summed E-state index contributed by atoms with van der Waals surface area (Å²) in [6.45, 7) is 3.31. The van der Waals surface area contributed by atoms with Crippen molar-refractivity contribution in [3.8, 4) is 0 Å². The fraction of sp³-hybridized carbons (Fsp3) is 0.412. The number of rotatable bonds is 3. The lowest BCUT2D eigenvalue weighted by Gasteiger charge is -2.32. The molecule has 1 fully saturated rings. The van der Waals surface area contributed by atoms with Crippen molar-refractivity contribution in [2.45, 2.75) is 25.8 Å². The number of anilines is 2. The predicted octanol–water partition coefficient (Wildman–Crippen LogP) is 1.27. The van der Waals surface area contributed by atoms with Crippen LogP contribution in [0.1, 0.15) is 18.4 Å². The normalized spacial score (nSPS) is 15.0. The third-order valence-corrected chi connectivity index (χ3v) is 4.28. The zero-order chi connectivity index (χ0) is 17.8. The summed E-state index contributed by atoms with van der Waals surface area (Å²) in [6, 6.07) is 3.47. The van der Waals surface area contributed by atoms with E-state index in [1.165, 1.54) is 4.57 Å². The van der Waals surface area contributed by atoms with Gasteiger partial charge in [0.2, 0.25) is 0 Å². The van der Waals surface area contributed by atoms with Gasteiger partial charge in [-0.25, -0.2) is 14.8 Å². The molecule has 3 heterocycles. The van der Waals surface area contributed by atoms with Gasteiger partial charge in [-0.05, 0) is 31.4 Å². The second-order valence-electron chi connectivity index (χ2n) is 6.25. The zero-order valence-corrected chi connectivity index (χ0v) is 14.4. The Hall–Kier alpha value is -2.90. The number of piperidine rings is 1. The number of urea groups is 1. The highest BCUT2D eigenvalue weighted by Crippen LogP contribution is 2.15. The molecule has 1 aliphatic heterocycles. The van der Waals surface area contributed by atoms with Crippen LogP contribution in [-0.2, 0) is 7.05 Å². The highest BCUT2D eigenvalue weighted by atomic mass is 16.2. The highest BCUT2D eigenvalue weighted by molar-refractivity contribution is 5.88. The topological polar surface area (TPSA) is 92.2 Å². The van der Waals surface area contributed by atoms with Crippen molar-refractivity contribution in [3.63, 3.8) is 0 Å². The number of carbonyl (C=O) groups excluding carboxylic acids is 1. The smallest absolute Gasteiger partial charge is 0.320 e. The van der Waals surface area contributed by atoms with Gasteiger partial charge in [0, 0.05) is 44.8 Å². The molecule has 1 aliphatic rings. The van der Waals surface area contributed by atoms with E-state index in [-0.39, 0.29) is 17.6 Å². The maximum atomic E-state index is 12.1. The van der Waals surface area contributed by atoms with Crippen LogP contribution in [0.15, 0.2) is 35.5 Å². The summed E-state index contributed by atoms with van der Waals surface area (Å²) in [6.07, 6.45) is 6.50. The van der Waals surface area contributed by atoms with Gasteiger partial charge < -0.3 is 14.8 Å². The third-order valence-electron chi connectivity index (χ3n) is 4.28. The minimum absolute atomic E-state index is 0.0641. The van der Waals surface area contributed by atoms with Crippen LogP contribution in [0.25, 0.3) is 0 Å². The molecule has 8 nitrogen and oxygen atoms in total. The van der Waals surface area contributed by atoms with Crippen molar-refractivity contribution in [1.29, 1.82) is 0 Å². The number of amides is 2. The first kappa shape index (κ1) is 16.9. The molecular weight excluding hydrogens is 320 g/mol. The SMILES string of the molecule is Cc1ccc(NC(=O)NC2CCN(c3nccn(C)c3=O)CC2)nc1. The molecule has 0 aliphatic carbocycles. The number of aromatic nitrogens is 3. The van der Waals surface area contributed by atoms with E-state index in [9.17, 15) is 9.59 Å². The molecule has 2 N–H and O–H groups in total. The molecule has 3 rings (SSSR count). The highest BCUT2D eigenvalue weighted by Gasteiger charge is 2.23. The molecule has 0 atom stereocenters. The summed E-state index contributed by atoms with van der Waals surface area (Å²) in [7, 11) is 1.71. The Labute approximate surface area is 145 Å². The summed E-state index contributed by atoms with van der Waals surface area (Å²) in [5.74, 6) is 0.995. The van der Waals surface area contributed by atoms with Crippen molar-refractivity contribution in [1.82, 2.24) is 19.9 Å². The summed E-state index contributed by atoms with van der Waals surface area (Å²) >= 11 is 0. The standard InChI is InChI=1S/C17H22N6O2/c1-12-3-4-14(19-11-12)21-17(25)20-13-5-8-23(9-6-13)15-16(24)22(2)10-7-18-15/h3-4,7,10-11,13H,5-6,8-9H2,1-2H3,(H2,19,20,21,25). The van der Waals surface area contributed by atoms with E-state index in [0.29, 0.717) is 24.7 Å². The van der Waals surface area contributed by atoms with Crippen LogP contribution < -0.4 is 21.1 Å². The van der Waals surface area contributed by atoms with Crippen LogP contribution in [0, 0.1) is 6.92 Å². The minimum atomic E-state index is -0.261. The molecule has 0 unspecified atom stereocenters. The van der Waals surface area contributed by atoms with Crippen LogP contribution in [0.2, 0.25) is 0 Å². The summed E-state index contributed by atoms with van der Waals surface area (Å²) in [5.41, 5.74) is 0.941. The minimum Gasteiger partial charge on any atom is -0.352 e. The molecule has 25 heavy (non-hydrogen) atoms. The molecule has 0 saturated carbocycles. The monoisotopic (exact) mass is 342 g/mol. The quantitative estimate of drug-likeness (QED) is 0.876. The Kier molecular flexibility index (Phi) is 4.97. The first-order valence-corrected chi connectivity index (χ1v) is 8.29. The lowest BCUT2D eigenvalue weighted by molar-refractivity contribution is 0.246. The molecule has 0 aromatic carbocycles. The van der Waals surface area contributed by atoms with Gasteiger partial charge in [-0.2, -0.15) is 0 Å². The number of hydrogen-bond donors (Lipinski definition) is 2. The number of carbonyl (C=O) groups is 1. The fourth-order valence-electron chi connectivity index (χ4n) is 2.82. The molecule has 0 radical (unpaired) electrons. The maximum absolute atomic E-state index is 12.1. The van der Waals surface area contributed by atoms with Gasteiger partial charge in [0.1, 0.15) is 5.82 Å². The Morgan fingerprint density at radius 3 is 2.68 bits per heavy atom.